The molecule has 3 aromatic rings. The first kappa shape index (κ1) is 27.1. The van der Waals surface area contributed by atoms with Crippen LogP contribution in [0.15, 0.2) is 72.8 Å². The van der Waals surface area contributed by atoms with Crippen molar-refractivity contribution < 1.29 is 23.8 Å². The molecular weight excluding hydrogens is 445 g/mol. The molecule has 35 heavy (non-hydrogen) atoms. The van der Waals surface area contributed by atoms with Crippen LogP contribution in [-0.4, -0.2) is 23.6 Å². The summed E-state index contributed by atoms with van der Waals surface area (Å²) < 4.78 is 19.2. The van der Waals surface area contributed by atoms with Crippen molar-refractivity contribution in [1.29, 1.82) is 0 Å². The molecule has 0 saturated heterocycles. The molecule has 1 atom stereocenters. The summed E-state index contributed by atoms with van der Waals surface area (Å²) in [6.45, 7) is 5.90. The minimum atomic E-state index is -0.857. The van der Waals surface area contributed by atoms with Gasteiger partial charge in [-0.3, -0.25) is 9.59 Å². The van der Waals surface area contributed by atoms with Crippen molar-refractivity contribution in [1.82, 2.24) is 0 Å². The van der Waals surface area contributed by atoms with Gasteiger partial charge in [-0.15, -0.1) is 0 Å². The number of carboxylic acids is 1. The van der Waals surface area contributed by atoms with E-state index in [1.807, 2.05) is 26.0 Å². The Morgan fingerprint density at radius 2 is 1.71 bits per heavy atom. The van der Waals surface area contributed by atoms with Crippen LogP contribution in [0.4, 0.5) is 10.1 Å². The highest BCUT2D eigenvalue weighted by Crippen LogP contribution is 2.18. The number of carboxylic acid groups (broad SMARTS) is 1. The zero-order chi connectivity index (χ0) is 25.6. The van der Waals surface area contributed by atoms with Gasteiger partial charge in [0.25, 0.3) is 0 Å². The van der Waals surface area contributed by atoms with Gasteiger partial charge in [-0.1, -0.05) is 62.9 Å². The van der Waals surface area contributed by atoms with Crippen molar-refractivity contribution in [2.24, 2.45) is 5.92 Å². The number of ether oxygens (including phenoxy) is 1. The van der Waals surface area contributed by atoms with Crippen LogP contribution in [0, 0.1) is 23.6 Å². The lowest BCUT2D eigenvalue weighted by Crippen LogP contribution is -2.15. The molecule has 0 fully saturated rings. The monoisotopic (exact) mass is 475 g/mol. The third-order valence-corrected chi connectivity index (χ3v) is 4.89. The number of hydrogen-bond donors (Lipinski definition) is 2. The highest BCUT2D eigenvalue weighted by atomic mass is 19.1. The van der Waals surface area contributed by atoms with Gasteiger partial charge in [0.15, 0.2) is 0 Å². The Hall–Kier alpha value is -4.11. The van der Waals surface area contributed by atoms with Crippen LogP contribution in [0.5, 0.6) is 5.75 Å². The summed E-state index contributed by atoms with van der Waals surface area (Å²) in [4.78, 5) is 23.3. The number of carbonyl (C=O) groups is 2. The van der Waals surface area contributed by atoms with E-state index in [4.69, 9.17) is 9.84 Å². The summed E-state index contributed by atoms with van der Waals surface area (Å²) in [7, 11) is 0. The predicted octanol–water partition coefficient (Wildman–Crippen LogP) is 5.92. The Balaban J connectivity index is 0.00000210. The molecular formula is C29H30FNO4. The third kappa shape index (κ3) is 9.34. The molecule has 0 heterocycles. The fraction of sp³-hybridized carbons (Fsp3) is 0.241. The largest absolute Gasteiger partial charge is 0.493 e. The van der Waals surface area contributed by atoms with Crippen LogP contribution in [-0.2, 0) is 16.0 Å². The Morgan fingerprint density at radius 1 is 1.00 bits per heavy atom. The number of benzene rings is 3. The summed E-state index contributed by atoms with van der Waals surface area (Å²) in [6.07, 6.45) is 0.578. The normalized spacial score (nSPS) is 10.6. The molecule has 3 rings (SSSR count). The molecule has 6 heteroatoms. The molecule has 2 N–H and O–H groups in total. The number of rotatable bonds is 8. The maximum Gasteiger partial charge on any atom is 0.306 e. The second-order valence-corrected chi connectivity index (χ2v) is 7.56. The zero-order valence-corrected chi connectivity index (χ0v) is 20.2. The highest BCUT2D eigenvalue weighted by molar-refractivity contribution is 5.92. The van der Waals surface area contributed by atoms with Gasteiger partial charge >= 0.3 is 5.97 Å². The number of nitrogens with one attached hydrogen (secondary N) is 1. The van der Waals surface area contributed by atoms with Gasteiger partial charge in [-0.25, -0.2) is 4.39 Å². The summed E-state index contributed by atoms with van der Waals surface area (Å²) >= 11 is 0. The first-order valence-corrected chi connectivity index (χ1v) is 11.5. The lowest BCUT2D eigenvalue weighted by Gasteiger charge is -2.11. The molecule has 182 valence electrons. The van der Waals surface area contributed by atoms with Gasteiger partial charge < -0.3 is 15.2 Å². The van der Waals surface area contributed by atoms with Crippen molar-refractivity contribution in [3.63, 3.8) is 0 Å². The molecule has 0 bridgehead atoms. The molecule has 1 unspecified atom stereocenters. The fourth-order valence-electron chi connectivity index (χ4n) is 2.94. The third-order valence-electron chi connectivity index (χ3n) is 4.89. The van der Waals surface area contributed by atoms with E-state index in [-0.39, 0.29) is 24.8 Å². The van der Waals surface area contributed by atoms with E-state index < -0.39 is 11.9 Å². The minimum Gasteiger partial charge on any atom is -0.493 e. The number of anilines is 1. The van der Waals surface area contributed by atoms with Crippen molar-refractivity contribution in [2.45, 2.75) is 33.6 Å². The lowest BCUT2D eigenvalue weighted by atomic mass is 10.1. The number of aliphatic carboxylic acids is 1. The molecule has 5 nitrogen and oxygen atoms in total. The van der Waals surface area contributed by atoms with Crippen LogP contribution in [0.3, 0.4) is 0 Å². The van der Waals surface area contributed by atoms with Gasteiger partial charge in [0.2, 0.25) is 5.91 Å². The second-order valence-electron chi connectivity index (χ2n) is 7.56. The number of halogens is 1. The van der Waals surface area contributed by atoms with E-state index in [0.29, 0.717) is 23.4 Å². The van der Waals surface area contributed by atoms with Crippen LogP contribution < -0.4 is 10.1 Å². The Labute approximate surface area is 206 Å². The second kappa shape index (κ2) is 14.2. The van der Waals surface area contributed by atoms with E-state index in [9.17, 15) is 14.0 Å². The smallest absolute Gasteiger partial charge is 0.306 e. The van der Waals surface area contributed by atoms with Crippen LogP contribution in [0.1, 0.15) is 43.9 Å². The van der Waals surface area contributed by atoms with Crippen LogP contribution in [0.25, 0.3) is 0 Å². The Kier molecular flexibility index (Phi) is 11.0. The van der Waals surface area contributed by atoms with Gasteiger partial charge in [-0.05, 0) is 48.4 Å². The van der Waals surface area contributed by atoms with Crippen molar-refractivity contribution in [3.8, 4) is 17.6 Å². The predicted molar refractivity (Wildman–Crippen MR) is 136 cm³/mol. The van der Waals surface area contributed by atoms with E-state index in [1.54, 1.807) is 61.5 Å². The SMILES string of the molecule is CC.CC(CCOc1cccc(NC(=O)Cc2ccc(C#Cc3ccccc3F)cc2)c1)C(=O)O. The van der Waals surface area contributed by atoms with Crippen molar-refractivity contribution >= 4 is 17.6 Å². The van der Waals surface area contributed by atoms with Gasteiger partial charge in [-0.2, -0.15) is 0 Å². The quantitative estimate of drug-likeness (QED) is 0.397. The summed E-state index contributed by atoms with van der Waals surface area (Å²) in [5, 5.41) is 11.8. The van der Waals surface area contributed by atoms with E-state index in [2.05, 4.69) is 17.2 Å². The molecule has 0 aliphatic rings. The molecule has 0 spiro atoms. The summed E-state index contributed by atoms with van der Waals surface area (Å²) in [5.41, 5.74) is 2.48. The fourth-order valence-corrected chi connectivity index (χ4v) is 2.94. The highest BCUT2D eigenvalue weighted by Gasteiger charge is 2.11. The average molecular weight is 476 g/mol. The van der Waals surface area contributed by atoms with Crippen molar-refractivity contribution in [2.75, 3.05) is 11.9 Å². The summed E-state index contributed by atoms with van der Waals surface area (Å²) in [5.74, 6) is 4.41. The zero-order valence-electron chi connectivity index (χ0n) is 20.2. The van der Waals surface area contributed by atoms with Gasteiger partial charge in [0, 0.05) is 17.3 Å². The molecule has 1 amide bonds. The maximum atomic E-state index is 13.6. The minimum absolute atomic E-state index is 0.183. The molecule has 0 aliphatic carbocycles. The van der Waals surface area contributed by atoms with Crippen LogP contribution in [0.2, 0.25) is 0 Å². The standard InChI is InChI=1S/C27H24FNO4.C2H6/c1-19(27(31)32)15-16-33-24-7-4-6-23(18-24)29-26(30)17-21-11-9-20(10-12-21)13-14-22-5-2-3-8-25(22)28;1-2/h2-12,18-19H,15-17H2,1H3,(H,29,30)(H,31,32);1-2H3. The lowest BCUT2D eigenvalue weighted by molar-refractivity contribution is -0.141. The molecule has 0 radical (unpaired) electrons. The molecule has 0 aromatic heterocycles. The first-order valence-electron chi connectivity index (χ1n) is 11.5. The topological polar surface area (TPSA) is 75.6 Å². The first-order chi connectivity index (χ1) is 16.9. The van der Waals surface area contributed by atoms with E-state index in [1.165, 1.54) is 6.07 Å². The van der Waals surface area contributed by atoms with E-state index in [0.717, 1.165) is 11.1 Å². The number of hydrogen-bond acceptors (Lipinski definition) is 3. The van der Waals surface area contributed by atoms with Crippen molar-refractivity contribution in [3.05, 3.63) is 95.3 Å². The van der Waals surface area contributed by atoms with E-state index >= 15 is 0 Å². The summed E-state index contributed by atoms with van der Waals surface area (Å²) in [6, 6.07) is 20.5. The average Bonchev–Trinajstić information content (AvgIpc) is 2.86. The molecule has 3 aromatic carbocycles. The number of carbonyl (C=O) groups excluding carboxylic acids is 1. The van der Waals surface area contributed by atoms with Gasteiger partial charge in [0.1, 0.15) is 11.6 Å². The Morgan fingerprint density at radius 3 is 2.40 bits per heavy atom. The number of amides is 1. The van der Waals surface area contributed by atoms with Gasteiger partial charge in [0.05, 0.1) is 24.5 Å². The van der Waals surface area contributed by atoms with Crippen LogP contribution >= 0.6 is 0 Å². The molecule has 0 aliphatic heterocycles. The molecule has 0 saturated carbocycles. The Bertz CT molecular complexity index is 1180. The maximum absolute atomic E-state index is 13.6.